The van der Waals surface area contributed by atoms with E-state index in [9.17, 15) is 4.79 Å². The zero-order valence-corrected chi connectivity index (χ0v) is 12.3. The highest BCUT2D eigenvalue weighted by Crippen LogP contribution is 2.18. The fourth-order valence-corrected chi connectivity index (χ4v) is 2.55. The maximum Gasteiger partial charge on any atom is 0.255 e. The Balaban J connectivity index is 2.09. The lowest BCUT2D eigenvalue weighted by molar-refractivity contribution is 0.0930. The first kappa shape index (κ1) is 14.1. The number of hydrogen-bond acceptors (Lipinski definition) is 3. The van der Waals surface area contributed by atoms with Gasteiger partial charge >= 0.3 is 0 Å². The summed E-state index contributed by atoms with van der Waals surface area (Å²) >= 11 is 0. The molecule has 1 fully saturated rings. The standard InChI is InChI=1S/C14H24N4O/c1-10-12(9-16-18(10)14(2,3)4)13(19)17-11-6-5-7-15-8-11/h9,11,15H,5-8H2,1-4H3,(H,17,19). The van der Waals surface area contributed by atoms with Crippen LogP contribution < -0.4 is 10.6 Å². The van der Waals surface area contributed by atoms with E-state index >= 15 is 0 Å². The van der Waals surface area contributed by atoms with Gasteiger partial charge in [-0.05, 0) is 47.1 Å². The van der Waals surface area contributed by atoms with Crippen LogP contribution in [-0.4, -0.2) is 34.8 Å². The van der Waals surface area contributed by atoms with E-state index in [4.69, 9.17) is 0 Å². The Bertz CT molecular complexity index is 453. The lowest BCUT2D eigenvalue weighted by atomic mass is 10.1. The van der Waals surface area contributed by atoms with Crippen molar-refractivity contribution in [1.82, 2.24) is 20.4 Å². The molecule has 2 heterocycles. The van der Waals surface area contributed by atoms with Gasteiger partial charge in [0.05, 0.1) is 17.3 Å². The molecular weight excluding hydrogens is 240 g/mol. The Morgan fingerprint density at radius 2 is 2.26 bits per heavy atom. The third-order valence-corrected chi connectivity index (χ3v) is 3.52. The summed E-state index contributed by atoms with van der Waals surface area (Å²) in [4.78, 5) is 12.3. The first-order valence-corrected chi connectivity index (χ1v) is 6.96. The molecule has 1 aliphatic rings. The third kappa shape index (κ3) is 3.15. The number of carbonyl (C=O) groups is 1. The number of nitrogens with one attached hydrogen (secondary N) is 2. The van der Waals surface area contributed by atoms with Crippen molar-refractivity contribution in [3.8, 4) is 0 Å². The smallest absolute Gasteiger partial charge is 0.255 e. The first-order chi connectivity index (χ1) is 8.89. The summed E-state index contributed by atoms with van der Waals surface area (Å²) in [6.07, 6.45) is 3.84. The zero-order chi connectivity index (χ0) is 14.0. The van der Waals surface area contributed by atoms with Crippen molar-refractivity contribution in [2.24, 2.45) is 0 Å². The monoisotopic (exact) mass is 264 g/mol. The quantitative estimate of drug-likeness (QED) is 0.849. The average Bonchev–Trinajstić information content (AvgIpc) is 2.72. The molecule has 2 N–H and O–H groups in total. The molecule has 1 atom stereocenters. The van der Waals surface area contributed by atoms with Crippen LogP contribution in [0.1, 0.15) is 49.7 Å². The minimum absolute atomic E-state index is 0.0123. The van der Waals surface area contributed by atoms with Crippen molar-refractivity contribution >= 4 is 5.91 Å². The molecule has 1 aromatic heterocycles. The molecule has 5 nitrogen and oxygen atoms in total. The molecule has 1 unspecified atom stereocenters. The Labute approximate surface area is 114 Å². The lowest BCUT2D eigenvalue weighted by Gasteiger charge is -2.24. The second-order valence-corrected chi connectivity index (χ2v) is 6.24. The minimum atomic E-state index is -0.102. The Hall–Kier alpha value is -1.36. The highest BCUT2D eigenvalue weighted by atomic mass is 16.1. The Morgan fingerprint density at radius 1 is 1.53 bits per heavy atom. The molecule has 19 heavy (non-hydrogen) atoms. The van der Waals surface area contributed by atoms with E-state index in [0.29, 0.717) is 5.56 Å². The van der Waals surface area contributed by atoms with Crippen LogP contribution in [0.4, 0.5) is 0 Å². The third-order valence-electron chi connectivity index (χ3n) is 3.52. The summed E-state index contributed by atoms with van der Waals surface area (Å²) < 4.78 is 1.90. The topological polar surface area (TPSA) is 59.0 Å². The molecule has 5 heteroatoms. The fraction of sp³-hybridized carbons (Fsp3) is 0.714. The number of piperidine rings is 1. The Kier molecular flexibility index (Phi) is 3.94. The minimum Gasteiger partial charge on any atom is -0.348 e. The van der Waals surface area contributed by atoms with Gasteiger partial charge in [-0.25, -0.2) is 0 Å². The van der Waals surface area contributed by atoms with Gasteiger partial charge in [0.25, 0.3) is 5.91 Å². The SMILES string of the molecule is Cc1c(C(=O)NC2CCCNC2)cnn1C(C)(C)C. The summed E-state index contributed by atoms with van der Waals surface area (Å²) in [7, 11) is 0. The first-order valence-electron chi connectivity index (χ1n) is 6.96. The molecule has 2 rings (SSSR count). The van der Waals surface area contributed by atoms with Gasteiger partial charge in [0.1, 0.15) is 0 Å². The van der Waals surface area contributed by atoms with Crippen molar-refractivity contribution in [2.45, 2.75) is 52.1 Å². The second kappa shape index (κ2) is 5.33. The lowest BCUT2D eigenvalue weighted by Crippen LogP contribution is -2.45. The number of nitrogens with zero attached hydrogens (tertiary/aromatic N) is 2. The molecule has 1 aromatic rings. The van der Waals surface area contributed by atoms with Gasteiger partial charge in [-0.3, -0.25) is 9.48 Å². The number of amides is 1. The Morgan fingerprint density at radius 3 is 2.79 bits per heavy atom. The van der Waals surface area contributed by atoms with Gasteiger partial charge in [0, 0.05) is 18.3 Å². The van der Waals surface area contributed by atoms with Crippen LogP contribution in [0, 0.1) is 6.92 Å². The summed E-state index contributed by atoms with van der Waals surface area (Å²) in [5.41, 5.74) is 1.50. The van der Waals surface area contributed by atoms with Gasteiger partial charge in [-0.1, -0.05) is 0 Å². The summed E-state index contributed by atoms with van der Waals surface area (Å²) in [6, 6.07) is 0.235. The second-order valence-electron chi connectivity index (χ2n) is 6.24. The molecule has 0 aliphatic carbocycles. The normalized spacial score (nSPS) is 20.3. The predicted molar refractivity (Wildman–Crippen MR) is 75.3 cm³/mol. The summed E-state index contributed by atoms with van der Waals surface area (Å²) in [6.45, 7) is 10.1. The molecule has 0 bridgehead atoms. The van der Waals surface area contributed by atoms with E-state index in [1.54, 1.807) is 6.20 Å². The highest BCUT2D eigenvalue weighted by molar-refractivity contribution is 5.95. The van der Waals surface area contributed by atoms with E-state index in [2.05, 4.69) is 36.5 Å². The van der Waals surface area contributed by atoms with Crippen LogP contribution in [-0.2, 0) is 5.54 Å². The van der Waals surface area contributed by atoms with Crippen molar-refractivity contribution in [1.29, 1.82) is 0 Å². The number of carbonyl (C=O) groups excluding carboxylic acids is 1. The molecule has 106 valence electrons. The molecule has 0 radical (unpaired) electrons. The van der Waals surface area contributed by atoms with Crippen molar-refractivity contribution < 1.29 is 4.79 Å². The van der Waals surface area contributed by atoms with Gasteiger partial charge in [0.15, 0.2) is 0 Å². The molecule has 0 spiro atoms. The molecule has 0 aromatic carbocycles. The van der Waals surface area contributed by atoms with E-state index in [0.717, 1.165) is 31.6 Å². The van der Waals surface area contributed by atoms with Crippen LogP contribution in [0.25, 0.3) is 0 Å². The van der Waals surface area contributed by atoms with Gasteiger partial charge in [-0.2, -0.15) is 5.10 Å². The maximum absolute atomic E-state index is 12.3. The number of aromatic nitrogens is 2. The van der Waals surface area contributed by atoms with Crippen LogP contribution in [0.15, 0.2) is 6.20 Å². The maximum atomic E-state index is 12.3. The summed E-state index contributed by atoms with van der Waals surface area (Å²) in [5, 5.41) is 10.7. The molecular formula is C14H24N4O. The predicted octanol–water partition coefficient (Wildman–Crippen LogP) is 1.43. The average molecular weight is 264 g/mol. The van der Waals surface area contributed by atoms with Crippen molar-refractivity contribution in [2.75, 3.05) is 13.1 Å². The fourth-order valence-electron chi connectivity index (χ4n) is 2.55. The van der Waals surface area contributed by atoms with Crippen LogP contribution in [0.5, 0.6) is 0 Å². The van der Waals surface area contributed by atoms with Gasteiger partial charge in [0.2, 0.25) is 0 Å². The van der Waals surface area contributed by atoms with Crippen LogP contribution in [0.2, 0.25) is 0 Å². The molecule has 1 saturated heterocycles. The van der Waals surface area contributed by atoms with E-state index in [1.165, 1.54) is 0 Å². The molecule has 1 aliphatic heterocycles. The van der Waals surface area contributed by atoms with Gasteiger partial charge < -0.3 is 10.6 Å². The van der Waals surface area contributed by atoms with Crippen LogP contribution >= 0.6 is 0 Å². The van der Waals surface area contributed by atoms with Crippen molar-refractivity contribution in [3.05, 3.63) is 17.5 Å². The number of hydrogen-bond donors (Lipinski definition) is 2. The van der Waals surface area contributed by atoms with Crippen LogP contribution in [0.3, 0.4) is 0 Å². The number of rotatable bonds is 2. The van der Waals surface area contributed by atoms with Gasteiger partial charge in [-0.15, -0.1) is 0 Å². The van der Waals surface area contributed by atoms with Crippen molar-refractivity contribution in [3.63, 3.8) is 0 Å². The van der Waals surface area contributed by atoms with E-state index in [-0.39, 0.29) is 17.5 Å². The molecule has 1 amide bonds. The zero-order valence-electron chi connectivity index (χ0n) is 12.3. The van der Waals surface area contributed by atoms with E-state index < -0.39 is 0 Å². The molecule has 0 saturated carbocycles. The highest BCUT2D eigenvalue weighted by Gasteiger charge is 2.23. The van der Waals surface area contributed by atoms with E-state index in [1.807, 2.05) is 11.6 Å². The summed E-state index contributed by atoms with van der Waals surface area (Å²) in [5.74, 6) is -0.0123. The largest absolute Gasteiger partial charge is 0.348 e.